The minimum atomic E-state index is 0.517. The fourth-order valence-corrected chi connectivity index (χ4v) is 2.87. The second kappa shape index (κ2) is 8.94. The molecule has 0 bridgehead atoms. The average molecular weight is 378 g/mol. The quantitative estimate of drug-likeness (QED) is 0.667. The van der Waals surface area contributed by atoms with E-state index in [4.69, 9.17) is 9.47 Å². The van der Waals surface area contributed by atoms with E-state index < -0.39 is 0 Å². The van der Waals surface area contributed by atoms with Crippen LogP contribution in [0.5, 0.6) is 11.5 Å². The van der Waals surface area contributed by atoms with Gasteiger partial charge in [-0.05, 0) is 59.1 Å². The molecule has 0 saturated heterocycles. The van der Waals surface area contributed by atoms with Crippen LogP contribution in [0.25, 0.3) is 0 Å². The van der Waals surface area contributed by atoms with Crippen LogP contribution in [0, 0.1) is 6.92 Å². The smallest absolute Gasteiger partial charge is 0.175 e. The number of benzene rings is 2. The van der Waals surface area contributed by atoms with Gasteiger partial charge in [-0.2, -0.15) is 0 Å². The molecule has 2 aromatic carbocycles. The number of halogens is 1. The molecule has 0 radical (unpaired) electrons. The van der Waals surface area contributed by atoms with Crippen molar-refractivity contribution in [1.29, 1.82) is 0 Å². The number of nitrogens with one attached hydrogen (secondary N) is 1. The standard InChI is InChI=1S/C19H24BrNO2/c1-4-9-21-12-16-10-17(20)19(18(11-16)22-3)23-13-15-7-5-14(2)6-8-15/h5-8,10-11,21H,4,9,12-13H2,1-3H3. The topological polar surface area (TPSA) is 30.5 Å². The third kappa shape index (κ3) is 5.26. The Bertz CT molecular complexity index is 626. The summed E-state index contributed by atoms with van der Waals surface area (Å²) in [6.45, 7) is 6.58. The van der Waals surface area contributed by atoms with Gasteiger partial charge in [0.05, 0.1) is 11.6 Å². The molecule has 0 spiro atoms. The molecule has 0 aromatic heterocycles. The van der Waals surface area contributed by atoms with Crippen molar-refractivity contribution in [3.05, 3.63) is 57.6 Å². The van der Waals surface area contributed by atoms with Gasteiger partial charge < -0.3 is 14.8 Å². The molecule has 0 aliphatic carbocycles. The lowest BCUT2D eigenvalue weighted by molar-refractivity contribution is 0.282. The number of hydrogen-bond donors (Lipinski definition) is 1. The van der Waals surface area contributed by atoms with Crippen molar-refractivity contribution in [1.82, 2.24) is 5.32 Å². The Balaban J connectivity index is 2.09. The van der Waals surface area contributed by atoms with Gasteiger partial charge in [0, 0.05) is 6.54 Å². The third-order valence-corrected chi connectivity index (χ3v) is 4.14. The Hall–Kier alpha value is -1.52. The normalized spacial score (nSPS) is 10.6. The molecule has 0 fully saturated rings. The van der Waals surface area contributed by atoms with Crippen LogP contribution in [0.1, 0.15) is 30.0 Å². The van der Waals surface area contributed by atoms with Crippen molar-refractivity contribution < 1.29 is 9.47 Å². The molecule has 0 heterocycles. The first kappa shape index (κ1) is 17.8. The highest BCUT2D eigenvalue weighted by atomic mass is 79.9. The fourth-order valence-electron chi connectivity index (χ4n) is 2.26. The predicted molar refractivity (Wildman–Crippen MR) is 98.2 cm³/mol. The van der Waals surface area contributed by atoms with Crippen molar-refractivity contribution in [2.45, 2.75) is 33.4 Å². The van der Waals surface area contributed by atoms with Crippen LogP contribution in [-0.2, 0) is 13.2 Å². The number of ether oxygens (including phenoxy) is 2. The van der Waals surface area contributed by atoms with E-state index in [2.05, 4.69) is 65.4 Å². The molecule has 0 unspecified atom stereocenters. The van der Waals surface area contributed by atoms with E-state index in [1.807, 2.05) is 6.07 Å². The molecule has 2 aromatic rings. The lowest BCUT2D eigenvalue weighted by Gasteiger charge is -2.15. The average Bonchev–Trinajstić information content (AvgIpc) is 2.55. The van der Waals surface area contributed by atoms with Crippen molar-refractivity contribution >= 4 is 15.9 Å². The van der Waals surface area contributed by atoms with Gasteiger partial charge in [-0.25, -0.2) is 0 Å². The number of rotatable bonds is 8. The Kier molecular flexibility index (Phi) is 6.93. The van der Waals surface area contributed by atoms with Crippen LogP contribution in [-0.4, -0.2) is 13.7 Å². The maximum Gasteiger partial charge on any atom is 0.175 e. The van der Waals surface area contributed by atoms with E-state index in [9.17, 15) is 0 Å². The summed E-state index contributed by atoms with van der Waals surface area (Å²) >= 11 is 3.60. The first-order valence-corrected chi connectivity index (χ1v) is 8.68. The van der Waals surface area contributed by atoms with Crippen molar-refractivity contribution in [2.24, 2.45) is 0 Å². The van der Waals surface area contributed by atoms with Crippen LogP contribution in [0.4, 0.5) is 0 Å². The zero-order valence-electron chi connectivity index (χ0n) is 14.0. The Labute approximate surface area is 147 Å². The van der Waals surface area contributed by atoms with Gasteiger partial charge in [0.2, 0.25) is 0 Å². The van der Waals surface area contributed by atoms with E-state index in [1.165, 1.54) is 11.1 Å². The lowest BCUT2D eigenvalue weighted by atomic mass is 10.1. The highest BCUT2D eigenvalue weighted by Gasteiger charge is 2.12. The second-order valence-corrected chi connectivity index (χ2v) is 6.41. The van der Waals surface area contributed by atoms with E-state index in [0.29, 0.717) is 6.61 Å². The summed E-state index contributed by atoms with van der Waals surface area (Å²) in [5, 5.41) is 3.40. The SMILES string of the molecule is CCCNCc1cc(Br)c(OCc2ccc(C)cc2)c(OC)c1. The van der Waals surface area contributed by atoms with Crippen LogP contribution in [0.3, 0.4) is 0 Å². The van der Waals surface area contributed by atoms with Gasteiger partial charge >= 0.3 is 0 Å². The highest BCUT2D eigenvalue weighted by molar-refractivity contribution is 9.10. The molecular formula is C19H24BrNO2. The molecular weight excluding hydrogens is 354 g/mol. The first-order chi connectivity index (χ1) is 11.1. The maximum absolute atomic E-state index is 5.97. The second-order valence-electron chi connectivity index (χ2n) is 5.56. The zero-order chi connectivity index (χ0) is 16.7. The summed E-state index contributed by atoms with van der Waals surface area (Å²) in [7, 11) is 1.67. The fraction of sp³-hybridized carbons (Fsp3) is 0.368. The third-order valence-electron chi connectivity index (χ3n) is 3.55. The maximum atomic E-state index is 5.97. The Morgan fingerprint density at radius 1 is 1.09 bits per heavy atom. The minimum Gasteiger partial charge on any atom is -0.493 e. The van der Waals surface area contributed by atoms with E-state index in [0.717, 1.165) is 41.0 Å². The molecule has 124 valence electrons. The van der Waals surface area contributed by atoms with Gasteiger partial charge in [-0.3, -0.25) is 0 Å². The van der Waals surface area contributed by atoms with Crippen LogP contribution in [0.15, 0.2) is 40.9 Å². The molecule has 0 saturated carbocycles. The zero-order valence-corrected chi connectivity index (χ0v) is 15.6. The van der Waals surface area contributed by atoms with Gasteiger partial charge in [0.15, 0.2) is 11.5 Å². The lowest BCUT2D eigenvalue weighted by Crippen LogP contribution is -2.14. The van der Waals surface area contributed by atoms with Crippen molar-refractivity contribution in [2.75, 3.05) is 13.7 Å². The summed E-state index contributed by atoms with van der Waals surface area (Å²) < 4.78 is 12.4. The summed E-state index contributed by atoms with van der Waals surface area (Å²) in [6, 6.07) is 12.5. The van der Waals surface area contributed by atoms with Crippen LogP contribution in [0.2, 0.25) is 0 Å². The van der Waals surface area contributed by atoms with Gasteiger partial charge in [-0.15, -0.1) is 0 Å². The summed E-state index contributed by atoms with van der Waals surface area (Å²) in [4.78, 5) is 0. The molecule has 0 atom stereocenters. The molecule has 4 heteroatoms. The molecule has 0 amide bonds. The molecule has 0 aliphatic rings. The predicted octanol–water partition coefficient (Wildman–Crippen LogP) is 4.84. The Morgan fingerprint density at radius 3 is 2.48 bits per heavy atom. The van der Waals surface area contributed by atoms with Crippen molar-refractivity contribution in [3.8, 4) is 11.5 Å². The van der Waals surface area contributed by atoms with E-state index >= 15 is 0 Å². The highest BCUT2D eigenvalue weighted by Crippen LogP contribution is 2.37. The number of hydrogen-bond acceptors (Lipinski definition) is 3. The van der Waals surface area contributed by atoms with Gasteiger partial charge in [0.1, 0.15) is 6.61 Å². The summed E-state index contributed by atoms with van der Waals surface area (Å²) in [6.07, 6.45) is 1.12. The largest absolute Gasteiger partial charge is 0.493 e. The molecule has 23 heavy (non-hydrogen) atoms. The number of methoxy groups -OCH3 is 1. The molecule has 1 N–H and O–H groups in total. The Morgan fingerprint density at radius 2 is 1.83 bits per heavy atom. The minimum absolute atomic E-state index is 0.517. The molecule has 0 aliphatic heterocycles. The van der Waals surface area contributed by atoms with Gasteiger partial charge in [0.25, 0.3) is 0 Å². The molecule has 2 rings (SSSR count). The van der Waals surface area contributed by atoms with E-state index in [1.54, 1.807) is 7.11 Å². The molecule has 3 nitrogen and oxygen atoms in total. The monoisotopic (exact) mass is 377 g/mol. The van der Waals surface area contributed by atoms with E-state index in [-0.39, 0.29) is 0 Å². The van der Waals surface area contributed by atoms with Crippen molar-refractivity contribution in [3.63, 3.8) is 0 Å². The van der Waals surface area contributed by atoms with Crippen LogP contribution >= 0.6 is 15.9 Å². The summed E-state index contributed by atoms with van der Waals surface area (Å²) in [5.74, 6) is 1.49. The first-order valence-electron chi connectivity index (χ1n) is 7.89. The summed E-state index contributed by atoms with van der Waals surface area (Å²) in [5.41, 5.74) is 3.56. The van der Waals surface area contributed by atoms with Crippen LogP contribution < -0.4 is 14.8 Å². The van der Waals surface area contributed by atoms with Gasteiger partial charge in [-0.1, -0.05) is 36.8 Å². The number of aryl methyl sites for hydroxylation is 1.